The van der Waals surface area contributed by atoms with Crippen molar-refractivity contribution in [3.8, 4) is 0 Å². The Balaban J connectivity index is 1.61. The molecule has 0 heterocycles. The SMILES string of the molecule is O=C(O)[C@@H]1CC[C@H](NC(=O)C2(Cc3ccccc3)CCC2)C1. The summed E-state index contributed by atoms with van der Waals surface area (Å²) in [7, 11) is 0. The predicted octanol–water partition coefficient (Wildman–Crippen LogP) is 2.77. The Morgan fingerprint density at radius 2 is 1.91 bits per heavy atom. The molecule has 0 aliphatic heterocycles. The fourth-order valence-electron chi connectivity index (χ4n) is 3.75. The highest BCUT2D eigenvalue weighted by Gasteiger charge is 2.45. The first-order valence-corrected chi connectivity index (χ1v) is 8.17. The molecule has 0 spiro atoms. The van der Waals surface area contributed by atoms with Gasteiger partial charge in [0.1, 0.15) is 0 Å². The lowest BCUT2D eigenvalue weighted by atomic mass is 9.64. The van der Waals surface area contributed by atoms with Crippen LogP contribution in [0.3, 0.4) is 0 Å². The van der Waals surface area contributed by atoms with Crippen molar-refractivity contribution in [1.29, 1.82) is 0 Å². The van der Waals surface area contributed by atoms with Crippen LogP contribution in [0.25, 0.3) is 0 Å². The van der Waals surface area contributed by atoms with Crippen molar-refractivity contribution in [3.05, 3.63) is 35.9 Å². The van der Waals surface area contributed by atoms with E-state index in [2.05, 4.69) is 17.4 Å². The number of carbonyl (C=O) groups excluding carboxylic acids is 1. The zero-order chi connectivity index (χ0) is 15.6. The summed E-state index contributed by atoms with van der Waals surface area (Å²) in [4.78, 5) is 23.8. The summed E-state index contributed by atoms with van der Waals surface area (Å²) in [5.41, 5.74) is 0.926. The molecule has 0 bridgehead atoms. The van der Waals surface area contributed by atoms with Crippen molar-refractivity contribution in [1.82, 2.24) is 5.32 Å². The Labute approximate surface area is 130 Å². The second-order valence-electron chi connectivity index (χ2n) is 6.81. The average Bonchev–Trinajstić information content (AvgIpc) is 2.92. The van der Waals surface area contributed by atoms with Gasteiger partial charge in [-0.05, 0) is 44.1 Å². The van der Waals surface area contributed by atoms with E-state index in [-0.39, 0.29) is 23.3 Å². The fraction of sp³-hybridized carbons (Fsp3) is 0.556. The normalized spacial score (nSPS) is 26.2. The number of carboxylic acid groups (broad SMARTS) is 1. The van der Waals surface area contributed by atoms with Crippen molar-refractivity contribution in [2.45, 2.75) is 51.0 Å². The van der Waals surface area contributed by atoms with E-state index in [1.807, 2.05) is 18.2 Å². The van der Waals surface area contributed by atoms with Gasteiger partial charge in [-0.15, -0.1) is 0 Å². The molecule has 4 heteroatoms. The zero-order valence-corrected chi connectivity index (χ0v) is 12.8. The van der Waals surface area contributed by atoms with Crippen LogP contribution in [-0.2, 0) is 16.0 Å². The molecule has 118 valence electrons. The van der Waals surface area contributed by atoms with Crippen LogP contribution in [-0.4, -0.2) is 23.0 Å². The molecule has 0 radical (unpaired) electrons. The van der Waals surface area contributed by atoms with Gasteiger partial charge in [0.05, 0.1) is 11.3 Å². The summed E-state index contributed by atoms with van der Waals surface area (Å²) in [5, 5.41) is 12.2. The summed E-state index contributed by atoms with van der Waals surface area (Å²) in [5.74, 6) is -0.908. The van der Waals surface area contributed by atoms with Crippen LogP contribution in [0, 0.1) is 11.3 Å². The molecule has 1 aromatic carbocycles. The molecule has 2 atom stereocenters. The number of aliphatic carboxylic acids is 1. The maximum absolute atomic E-state index is 12.7. The molecule has 0 saturated heterocycles. The number of amides is 1. The maximum atomic E-state index is 12.7. The number of nitrogens with one attached hydrogen (secondary N) is 1. The molecule has 3 rings (SSSR count). The van der Waals surface area contributed by atoms with Crippen LogP contribution >= 0.6 is 0 Å². The van der Waals surface area contributed by atoms with E-state index in [1.54, 1.807) is 0 Å². The average molecular weight is 301 g/mol. The topological polar surface area (TPSA) is 66.4 Å². The highest BCUT2D eigenvalue weighted by atomic mass is 16.4. The van der Waals surface area contributed by atoms with E-state index >= 15 is 0 Å². The Bertz CT molecular complexity index is 551. The molecule has 22 heavy (non-hydrogen) atoms. The highest BCUT2D eigenvalue weighted by molar-refractivity contribution is 5.84. The van der Waals surface area contributed by atoms with E-state index in [4.69, 9.17) is 5.11 Å². The van der Waals surface area contributed by atoms with Gasteiger partial charge in [-0.3, -0.25) is 9.59 Å². The molecule has 2 saturated carbocycles. The fourth-order valence-corrected chi connectivity index (χ4v) is 3.75. The van der Waals surface area contributed by atoms with Crippen molar-refractivity contribution in [2.24, 2.45) is 11.3 Å². The number of hydrogen-bond acceptors (Lipinski definition) is 2. The van der Waals surface area contributed by atoms with E-state index in [1.165, 1.54) is 5.56 Å². The number of benzene rings is 1. The zero-order valence-electron chi connectivity index (χ0n) is 12.8. The first-order valence-electron chi connectivity index (χ1n) is 8.17. The summed E-state index contributed by atoms with van der Waals surface area (Å²) >= 11 is 0. The lowest BCUT2D eigenvalue weighted by Crippen LogP contribution is -2.49. The Morgan fingerprint density at radius 1 is 1.18 bits per heavy atom. The van der Waals surface area contributed by atoms with Crippen molar-refractivity contribution >= 4 is 11.9 Å². The van der Waals surface area contributed by atoms with Gasteiger partial charge in [-0.1, -0.05) is 36.8 Å². The number of hydrogen-bond donors (Lipinski definition) is 2. The van der Waals surface area contributed by atoms with Crippen molar-refractivity contribution < 1.29 is 14.7 Å². The molecule has 4 nitrogen and oxygen atoms in total. The highest BCUT2D eigenvalue weighted by Crippen LogP contribution is 2.44. The van der Waals surface area contributed by atoms with Crippen molar-refractivity contribution in [3.63, 3.8) is 0 Å². The lowest BCUT2D eigenvalue weighted by Gasteiger charge is -2.41. The van der Waals surface area contributed by atoms with Crippen LogP contribution in [0.2, 0.25) is 0 Å². The third kappa shape index (κ3) is 3.01. The van der Waals surface area contributed by atoms with E-state index in [9.17, 15) is 9.59 Å². The molecule has 1 amide bonds. The molecule has 2 aliphatic rings. The van der Waals surface area contributed by atoms with E-state index in [0.29, 0.717) is 12.8 Å². The number of rotatable bonds is 5. The molecule has 0 aromatic heterocycles. The smallest absolute Gasteiger partial charge is 0.306 e. The van der Waals surface area contributed by atoms with Gasteiger partial charge < -0.3 is 10.4 Å². The molecule has 2 N–H and O–H groups in total. The summed E-state index contributed by atoms with van der Waals surface area (Å²) in [6.45, 7) is 0. The lowest BCUT2D eigenvalue weighted by molar-refractivity contribution is -0.142. The van der Waals surface area contributed by atoms with Crippen LogP contribution in [0.4, 0.5) is 0 Å². The molecular weight excluding hydrogens is 278 g/mol. The Kier molecular flexibility index (Phi) is 4.19. The van der Waals surface area contributed by atoms with Gasteiger partial charge in [0.15, 0.2) is 0 Å². The second-order valence-corrected chi connectivity index (χ2v) is 6.81. The minimum Gasteiger partial charge on any atom is -0.481 e. The minimum absolute atomic E-state index is 0.0295. The number of carboxylic acids is 1. The summed E-state index contributed by atoms with van der Waals surface area (Å²) in [6, 6.07) is 10.2. The monoisotopic (exact) mass is 301 g/mol. The quantitative estimate of drug-likeness (QED) is 0.879. The van der Waals surface area contributed by atoms with Gasteiger partial charge in [-0.25, -0.2) is 0 Å². The van der Waals surface area contributed by atoms with Crippen LogP contribution in [0.15, 0.2) is 30.3 Å². The standard InChI is InChI=1S/C18H23NO3/c20-16(21)14-7-8-15(11-14)19-17(22)18(9-4-10-18)12-13-5-2-1-3-6-13/h1-3,5-6,14-15H,4,7-12H2,(H,19,22)(H,20,21)/t14-,15+/m1/s1. The third-order valence-corrected chi connectivity index (χ3v) is 5.29. The summed E-state index contributed by atoms with van der Waals surface area (Å²) in [6.07, 6.45) is 5.78. The van der Waals surface area contributed by atoms with Gasteiger partial charge in [-0.2, -0.15) is 0 Å². The molecular formula is C18H23NO3. The van der Waals surface area contributed by atoms with Crippen LogP contribution in [0.1, 0.15) is 44.1 Å². The first-order chi connectivity index (χ1) is 10.6. The van der Waals surface area contributed by atoms with Gasteiger partial charge in [0.2, 0.25) is 5.91 Å². The minimum atomic E-state index is -0.737. The van der Waals surface area contributed by atoms with Gasteiger partial charge in [0.25, 0.3) is 0 Å². The largest absolute Gasteiger partial charge is 0.481 e. The maximum Gasteiger partial charge on any atom is 0.306 e. The Hall–Kier alpha value is -1.84. The third-order valence-electron chi connectivity index (χ3n) is 5.29. The molecule has 1 aromatic rings. The van der Waals surface area contributed by atoms with E-state index in [0.717, 1.165) is 32.1 Å². The van der Waals surface area contributed by atoms with Crippen LogP contribution in [0.5, 0.6) is 0 Å². The molecule has 0 unspecified atom stereocenters. The number of carbonyl (C=O) groups is 2. The van der Waals surface area contributed by atoms with Crippen LogP contribution < -0.4 is 5.32 Å². The van der Waals surface area contributed by atoms with Gasteiger partial charge in [0, 0.05) is 6.04 Å². The Morgan fingerprint density at radius 3 is 2.45 bits per heavy atom. The molecule has 2 fully saturated rings. The van der Waals surface area contributed by atoms with Gasteiger partial charge >= 0.3 is 5.97 Å². The second kappa shape index (κ2) is 6.11. The van der Waals surface area contributed by atoms with E-state index < -0.39 is 5.97 Å². The predicted molar refractivity (Wildman–Crippen MR) is 83.3 cm³/mol. The van der Waals surface area contributed by atoms with Crippen molar-refractivity contribution in [2.75, 3.05) is 0 Å². The first kappa shape index (κ1) is 15.1. The summed E-state index contributed by atoms with van der Waals surface area (Å²) < 4.78 is 0. The molecule has 2 aliphatic carbocycles.